The van der Waals surface area contributed by atoms with Crippen molar-refractivity contribution in [1.82, 2.24) is 0 Å². The lowest BCUT2D eigenvalue weighted by molar-refractivity contribution is 0.591. The van der Waals surface area contributed by atoms with Crippen molar-refractivity contribution < 1.29 is 8.42 Å². The molecule has 0 saturated carbocycles. The molecule has 1 aliphatic heterocycles. The molecule has 84 valence electrons. The Bertz CT molecular complexity index is 558. The van der Waals surface area contributed by atoms with Gasteiger partial charge >= 0.3 is 0 Å². The lowest BCUT2D eigenvalue weighted by Gasteiger charge is -2.22. The van der Waals surface area contributed by atoms with Gasteiger partial charge in [0.2, 0.25) is 0 Å². The van der Waals surface area contributed by atoms with Crippen LogP contribution >= 0.6 is 0 Å². The Morgan fingerprint density at radius 1 is 1.56 bits per heavy atom. The van der Waals surface area contributed by atoms with Gasteiger partial charge in [-0.05, 0) is 24.1 Å². The minimum absolute atomic E-state index is 0.149. The first-order valence-electron chi connectivity index (χ1n) is 5.08. The second-order valence-corrected chi connectivity index (χ2v) is 5.79. The van der Waals surface area contributed by atoms with E-state index in [0.29, 0.717) is 10.6 Å². The smallest absolute Gasteiger partial charge is 0.183 e. The van der Waals surface area contributed by atoms with Gasteiger partial charge in [-0.3, -0.25) is 0 Å². The molecule has 1 N–H and O–H groups in total. The predicted molar refractivity (Wildman–Crippen MR) is 60.9 cm³/mol. The second kappa shape index (κ2) is 3.80. The Morgan fingerprint density at radius 3 is 2.94 bits per heavy atom. The van der Waals surface area contributed by atoms with Crippen molar-refractivity contribution in [3.8, 4) is 6.07 Å². The van der Waals surface area contributed by atoms with Gasteiger partial charge in [-0.2, -0.15) is 5.26 Å². The highest BCUT2D eigenvalue weighted by molar-refractivity contribution is 7.91. The third kappa shape index (κ3) is 1.76. The summed E-state index contributed by atoms with van der Waals surface area (Å²) in [6.07, 6.45) is 0.796. The molecule has 0 radical (unpaired) electrons. The number of rotatable bonds is 1. The van der Waals surface area contributed by atoms with Crippen LogP contribution in [0.15, 0.2) is 23.1 Å². The third-order valence-corrected chi connectivity index (χ3v) is 4.44. The van der Waals surface area contributed by atoms with Crippen molar-refractivity contribution in [1.29, 1.82) is 5.26 Å². The number of benzene rings is 1. The van der Waals surface area contributed by atoms with Crippen LogP contribution in [-0.2, 0) is 16.3 Å². The fourth-order valence-electron chi connectivity index (χ4n) is 1.77. The van der Waals surface area contributed by atoms with Crippen LogP contribution in [0.2, 0.25) is 0 Å². The first-order chi connectivity index (χ1) is 7.56. The SMILES string of the molecule is CCc1ccc2c(c1)S(=O)(=O)CC(C#N)N2. The van der Waals surface area contributed by atoms with Crippen LogP contribution in [0, 0.1) is 11.3 Å². The van der Waals surface area contributed by atoms with Gasteiger partial charge in [0, 0.05) is 0 Å². The topological polar surface area (TPSA) is 70.0 Å². The zero-order chi connectivity index (χ0) is 11.8. The maximum Gasteiger partial charge on any atom is 0.183 e. The van der Waals surface area contributed by atoms with Crippen LogP contribution in [0.4, 0.5) is 5.69 Å². The summed E-state index contributed by atoms with van der Waals surface area (Å²) in [6, 6.07) is 6.58. The van der Waals surface area contributed by atoms with Crippen molar-refractivity contribution in [2.45, 2.75) is 24.3 Å². The lowest BCUT2D eigenvalue weighted by Crippen LogP contribution is -2.33. The molecule has 1 unspecified atom stereocenters. The van der Waals surface area contributed by atoms with Gasteiger partial charge in [-0.1, -0.05) is 13.0 Å². The van der Waals surface area contributed by atoms with Crippen molar-refractivity contribution >= 4 is 15.5 Å². The molecule has 0 spiro atoms. The molecule has 0 saturated heterocycles. The summed E-state index contributed by atoms with van der Waals surface area (Å²) >= 11 is 0. The van der Waals surface area contributed by atoms with Crippen molar-refractivity contribution in [2.75, 3.05) is 11.1 Å². The summed E-state index contributed by atoms with van der Waals surface area (Å²) < 4.78 is 23.8. The quantitative estimate of drug-likeness (QED) is 0.798. The third-order valence-electron chi connectivity index (χ3n) is 2.66. The van der Waals surface area contributed by atoms with Gasteiger partial charge < -0.3 is 5.32 Å². The monoisotopic (exact) mass is 236 g/mol. The fraction of sp³-hybridized carbons (Fsp3) is 0.364. The van der Waals surface area contributed by atoms with E-state index in [2.05, 4.69) is 5.32 Å². The maximum atomic E-state index is 11.9. The molecule has 1 heterocycles. The van der Waals surface area contributed by atoms with E-state index < -0.39 is 15.9 Å². The number of nitrogens with one attached hydrogen (secondary N) is 1. The number of nitrogens with zero attached hydrogens (tertiary/aromatic N) is 1. The summed E-state index contributed by atoms with van der Waals surface area (Å²) in [5, 5.41) is 11.7. The van der Waals surface area contributed by atoms with Crippen LogP contribution in [0.3, 0.4) is 0 Å². The molecule has 1 atom stereocenters. The average Bonchev–Trinajstić information content (AvgIpc) is 2.27. The van der Waals surface area contributed by atoms with E-state index in [4.69, 9.17) is 5.26 Å². The van der Waals surface area contributed by atoms with Crippen LogP contribution < -0.4 is 5.32 Å². The van der Waals surface area contributed by atoms with Crippen molar-refractivity contribution in [2.24, 2.45) is 0 Å². The molecule has 1 aliphatic rings. The van der Waals surface area contributed by atoms with Gasteiger partial charge in [0.25, 0.3) is 0 Å². The Balaban J connectivity index is 2.57. The summed E-state index contributed by atoms with van der Waals surface area (Å²) in [4.78, 5) is 0.318. The van der Waals surface area contributed by atoms with Crippen LogP contribution in [-0.4, -0.2) is 20.2 Å². The number of nitriles is 1. The van der Waals surface area contributed by atoms with E-state index in [-0.39, 0.29) is 5.75 Å². The Kier molecular flexibility index (Phi) is 2.60. The first-order valence-corrected chi connectivity index (χ1v) is 6.74. The summed E-state index contributed by atoms with van der Waals surface area (Å²) in [7, 11) is -3.32. The minimum Gasteiger partial charge on any atom is -0.368 e. The molecule has 0 aliphatic carbocycles. The molecule has 4 nitrogen and oxygen atoms in total. The number of fused-ring (bicyclic) bond motifs is 1. The fourth-order valence-corrected chi connectivity index (χ4v) is 3.34. The largest absolute Gasteiger partial charge is 0.368 e. The van der Waals surface area contributed by atoms with E-state index in [0.717, 1.165) is 12.0 Å². The van der Waals surface area contributed by atoms with E-state index >= 15 is 0 Å². The number of sulfone groups is 1. The van der Waals surface area contributed by atoms with E-state index in [1.807, 2.05) is 19.1 Å². The molecule has 0 fully saturated rings. The molecular formula is C11H12N2O2S. The van der Waals surface area contributed by atoms with Crippen molar-refractivity contribution in [3.05, 3.63) is 23.8 Å². The molecule has 0 amide bonds. The predicted octanol–water partition coefficient (Wildman–Crippen LogP) is 1.34. The van der Waals surface area contributed by atoms with Gasteiger partial charge in [0.15, 0.2) is 9.84 Å². The zero-order valence-electron chi connectivity index (χ0n) is 8.90. The maximum absolute atomic E-state index is 11.9. The highest BCUT2D eigenvalue weighted by Crippen LogP contribution is 2.29. The van der Waals surface area contributed by atoms with Crippen LogP contribution in [0.1, 0.15) is 12.5 Å². The van der Waals surface area contributed by atoms with E-state index in [1.165, 1.54) is 0 Å². The van der Waals surface area contributed by atoms with Crippen LogP contribution in [0.5, 0.6) is 0 Å². The van der Waals surface area contributed by atoms with Gasteiger partial charge in [0.05, 0.1) is 22.4 Å². The molecule has 2 rings (SSSR count). The number of anilines is 1. The summed E-state index contributed by atoms with van der Waals surface area (Å²) in [5.74, 6) is -0.149. The standard InChI is InChI=1S/C11H12N2O2S/c1-2-8-3-4-10-11(5-8)16(14,15)7-9(6-12)13-10/h3-5,9,13H,2,7H2,1H3. The molecule has 16 heavy (non-hydrogen) atoms. The average molecular weight is 236 g/mol. The minimum atomic E-state index is -3.32. The number of hydrogen-bond acceptors (Lipinski definition) is 4. The number of aryl methyl sites for hydroxylation is 1. The van der Waals surface area contributed by atoms with Gasteiger partial charge in [-0.15, -0.1) is 0 Å². The normalized spacial score (nSPS) is 21.6. The van der Waals surface area contributed by atoms with E-state index in [1.54, 1.807) is 12.1 Å². The Labute approximate surface area is 94.8 Å². The van der Waals surface area contributed by atoms with Gasteiger partial charge in [0.1, 0.15) is 6.04 Å². The second-order valence-electron chi connectivity index (χ2n) is 3.79. The lowest BCUT2D eigenvalue weighted by atomic mass is 10.1. The van der Waals surface area contributed by atoms with Crippen molar-refractivity contribution in [3.63, 3.8) is 0 Å². The van der Waals surface area contributed by atoms with Gasteiger partial charge in [-0.25, -0.2) is 8.42 Å². The molecule has 0 aromatic heterocycles. The van der Waals surface area contributed by atoms with Crippen LogP contribution in [0.25, 0.3) is 0 Å². The summed E-state index contributed by atoms with van der Waals surface area (Å²) in [6.45, 7) is 1.97. The van der Waals surface area contributed by atoms with E-state index in [9.17, 15) is 8.42 Å². The Morgan fingerprint density at radius 2 is 2.31 bits per heavy atom. The highest BCUT2D eigenvalue weighted by Gasteiger charge is 2.29. The Hall–Kier alpha value is -1.54. The number of hydrogen-bond donors (Lipinski definition) is 1. The summed E-state index contributed by atoms with van der Waals surface area (Å²) in [5.41, 5.74) is 1.52. The highest BCUT2D eigenvalue weighted by atomic mass is 32.2. The zero-order valence-corrected chi connectivity index (χ0v) is 9.71. The molecule has 1 aromatic carbocycles. The molecular weight excluding hydrogens is 224 g/mol. The first kappa shape index (κ1) is 11.0. The molecule has 0 bridgehead atoms. The molecule has 5 heteroatoms. The molecule has 1 aromatic rings.